The minimum absolute atomic E-state index is 0.164. The van der Waals surface area contributed by atoms with Gasteiger partial charge in [0, 0.05) is 12.3 Å². The predicted octanol–water partition coefficient (Wildman–Crippen LogP) is 4.05. The summed E-state index contributed by atoms with van der Waals surface area (Å²) in [4.78, 5) is 0. The lowest BCUT2D eigenvalue weighted by molar-refractivity contribution is 0.0233. The molecule has 154 valence electrons. The molecule has 4 heteroatoms. The van der Waals surface area contributed by atoms with Crippen LogP contribution in [0.1, 0.15) is 78.1 Å². The van der Waals surface area contributed by atoms with Crippen LogP contribution in [0.2, 0.25) is 0 Å². The number of aliphatic hydroxyl groups is 2. The zero-order chi connectivity index (χ0) is 19.4. The topological polar surface area (TPSA) is 61.7 Å². The number of unbranched alkanes of at least 4 members (excludes halogenated alkanes) is 4. The highest BCUT2D eigenvalue weighted by atomic mass is 16.5. The molecule has 2 fully saturated rings. The second-order valence-corrected chi connectivity index (χ2v) is 8.02. The van der Waals surface area contributed by atoms with Crippen molar-refractivity contribution >= 4 is 0 Å². The van der Waals surface area contributed by atoms with Crippen molar-refractivity contribution in [3.8, 4) is 0 Å². The molecule has 26 heavy (non-hydrogen) atoms. The molecular formula is C22H43NO3. The Labute approximate surface area is 161 Å². The molecule has 1 saturated heterocycles. The highest BCUT2D eigenvalue weighted by molar-refractivity contribution is 5.07. The average molecular weight is 370 g/mol. The van der Waals surface area contributed by atoms with Gasteiger partial charge in [0.05, 0.1) is 24.4 Å². The zero-order valence-corrected chi connectivity index (χ0v) is 17.5. The summed E-state index contributed by atoms with van der Waals surface area (Å²) in [6, 6.07) is 0. The van der Waals surface area contributed by atoms with E-state index in [1.807, 2.05) is 20.2 Å². The van der Waals surface area contributed by atoms with E-state index >= 15 is 0 Å². The van der Waals surface area contributed by atoms with Crippen LogP contribution in [0.25, 0.3) is 0 Å². The van der Waals surface area contributed by atoms with Crippen molar-refractivity contribution in [2.24, 2.45) is 11.8 Å². The molecule has 2 aliphatic rings. The second kappa shape index (κ2) is 13.7. The van der Waals surface area contributed by atoms with E-state index in [0.29, 0.717) is 12.0 Å². The van der Waals surface area contributed by atoms with Crippen molar-refractivity contribution in [1.82, 2.24) is 5.32 Å². The van der Waals surface area contributed by atoms with E-state index in [9.17, 15) is 10.2 Å². The molecule has 4 nitrogen and oxygen atoms in total. The maximum absolute atomic E-state index is 10.3. The summed E-state index contributed by atoms with van der Waals surface area (Å²) in [5, 5.41) is 23.1. The van der Waals surface area contributed by atoms with Crippen LogP contribution in [0.5, 0.6) is 0 Å². The maximum atomic E-state index is 10.3. The van der Waals surface area contributed by atoms with E-state index < -0.39 is 0 Å². The van der Waals surface area contributed by atoms with Crippen LogP contribution >= 0.6 is 0 Å². The Morgan fingerprint density at radius 2 is 1.73 bits per heavy atom. The Hall–Kier alpha value is -0.420. The van der Waals surface area contributed by atoms with Gasteiger partial charge in [0.25, 0.3) is 0 Å². The van der Waals surface area contributed by atoms with E-state index in [2.05, 4.69) is 25.2 Å². The van der Waals surface area contributed by atoms with Crippen molar-refractivity contribution < 1.29 is 14.9 Å². The molecule has 3 N–H and O–H groups in total. The lowest BCUT2D eigenvalue weighted by Crippen LogP contribution is -2.19. The monoisotopic (exact) mass is 369 g/mol. The Kier molecular flexibility index (Phi) is 12.4. The first kappa shape index (κ1) is 23.6. The van der Waals surface area contributed by atoms with Crippen LogP contribution in [0.4, 0.5) is 0 Å². The van der Waals surface area contributed by atoms with Gasteiger partial charge in [0.15, 0.2) is 0 Å². The third-order valence-electron chi connectivity index (χ3n) is 5.58. The molecule has 1 aliphatic heterocycles. The summed E-state index contributed by atoms with van der Waals surface area (Å²) in [7, 11) is 3.75. The standard InChI is InChI=1S/C20H36O3.C2H7N/c1-3-5-7-9-15(21)11-12-17-18-13-16(10-8-6-4-2)23-20(18)14-19(17)22;1-3-2/h11-12,15-22H,3-10,13-14H2,1-2H3;3H,1-2H3/t15-,16-,17+,18+,19+,20-;/m0./s1. The Balaban J connectivity index is 0.00000105. The molecule has 0 radical (unpaired) electrons. The molecule has 0 aromatic carbocycles. The fourth-order valence-corrected chi connectivity index (χ4v) is 4.21. The summed E-state index contributed by atoms with van der Waals surface area (Å²) in [5.74, 6) is 0.604. The van der Waals surface area contributed by atoms with E-state index in [0.717, 1.165) is 32.1 Å². The van der Waals surface area contributed by atoms with Crippen molar-refractivity contribution in [1.29, 1.82) is 0 Å². The van der Waals surface area contributed by atoms with Crippen molar-refractivity contribution in [2.75, 3.05) is 14.1 Å². The molecule has 0 amide bonds. The van der Waals surface area contributed by atoms with Gasteiger partial charge < -0.3 is 20.3 Å². The first-order valence-electron chi connectivity index (χ1n) is 10.9. The van der Waals surface area contributed by atoms with Crippen LogP contribution < -0.4 is 5.32 Å². The van der Waals surface area contributed by atoms with E-state index in [1.54, 1.807) is 0 Å². The van der Waals surface area contributed by atoms with Crippen LogP contribution in [0, 0.1) is 11.8 Å². The fraction of sp³-hybridized carbons (Fsp3) is 0.909. The van der Waals surface area contributed by atoms with Crippen molar-refractivity contribution in [3.05, 3.63) is 12.2 Å². The molecule has 1 heterocycles. The smallest absolute Gasteiger partial charge is 0.0721 e. The van der Waals surface area contributed by atoms with Gasteiger partial charge in [-0.25, -0.2) is 0 Å². The highest BCUT2D eigenvalue weighted by Crippen LogP contribution is 2.45. The lowest BCUT2D eigenvalue weighted by atomic mass is 9.89. The normalized spacial score (nSPS) is 31.7. The third kappa shape index (κ3) is 8.08. The van der Waals surface area contributed by atoms with E-state index in [-0.39, 0.29) is 24.2 Å². The number of ether oxygens (including phenoxy) is 1. The Morgan fingerprint density at radius 3 is 2.38 bits per heavy atom. The summed E-state index contributed by atoms with van der Waals surface area (Å²) in [6.07, 6.45) is 15.0. The quantitative estimate of drug-likeness (QED) is 0.401. The number of nitrogens with one attached hydrogen (secondary N) is 1. The predicted molar refractivity (Wildman–Crippen MR) is 109 cm³/mol. The second-order valence-electron chi connectivity index (χ2n) is 8.02. The molecule has 2 rings (SSSR count). The zero-order valence-electron chi connectivity index (χ0n) is 17.5. The molecule has 1 aliphatic carbocycles. The summed E-state index contributed by atoms with van der Waals surface area (Å²) in [5.41, 5.74) is 0. The number of hydrogen-bond acceptors (Lipinski definition) is 4. The van der Waals surface area contributed by atoms with Gasteiger partial charge in [-0.1, -0.05) is 64.5 Å². The van der Waals surface area contributed by atoms with Gasteiger partial charge >= 0.3 is 0 Å². The molecular weight excluding hydrogens is 326 g/mol. The number of hydrogen-bond donors (Lipinski definition) is 3. The largest absolute Gasteiger partial charge is 0.392 e. The van der Waals surface area contributed by atoms with Gasteiger partial charge in [0.1, 0.15) is 0 Å². The van der Waals surface area contributed by atoms with Gasteiger partial charge in [0.2, 0.25) is 0 Å². The molecule has 0 aromatic rings. The molecule has 0 spiro atoms. The van der Waals surface area contributed by atoms with Crippen LogP contribution in [-0.2, 0) is 4.74 Å². The van der Waals surface area contributed by atoms with Gasteiger partial charge in [-0.3, -0.25) is 0 Å². The lowest BCUT2D eigenvalue weighted by Gasteiger charge is -2.18. The SMILES string of the molecule is CCCCC[C@H]1C[C@@H]2[C@@H](C=C[C@@H](O)CCCCC)[C@H](O)C[C@@H]2O1.CNC. The first-order valence-corrected chi connectivity index (χ1v) is 10.9. The van der Waals surface area contributed by atoms with Crippen molar-refractivity contribution in [3.63, 3.8) is 0 Å². The number of aliphatic hydroxyl groups excluding tert-OH is 2. The fourth-order valence-electron chi connectivity index (χ4n) is 4.21. The maximum Gasteiger partial charge on any atom is 0.0721 e. The van der Waals surface area contributed by atoms with E-state index in [1.165, 1.54) is 32.1 Å². The first-order chi connectivity index (χ1) is 12.6. The molecule has 0 aromatic heterocycles. The number of fused-ring (bicyclic) bond motifs is 1. The highest BCUT2D eigenvalue weighted by Gasteiger charge is 2.47. The molecule has 1 saturated carbocycles. The van der Waals surface area contributed by atoms with Crippen molar-refractivity contribution in [2.45, 2.75) is 102 Å². The number of rotatable bonds is 10. The molecule has 0 unspecified atom stereocenters. The van der Waals surface area contributed by atoms with Gasteiger partial charge in [-0.05, 0) is 39.3 Å². The van der Waals surface area contributed by atoms with Crippen LogP contribution in [0.15, 0.2) is 12.2 Å². The van der Waals surface area contributed by atoms with E-state index in [4.69, 9.17) is 4.74 Å². The average Bonchev–Trinajstić information content (AvgIpc) is 3.11. The Bertz CT molecular complexity index is 374. The van der Waals surface area contributed by atoms with Gasteiger partial charge in [-0.2, -0.15) is 0 Å². The van der Waals surface area contributed by atoms with Crippen LogP contribution in [0.3, 0.4) is 0 Å². The minimum Gasteiger partial charge on any atom is -0.392 e. The van der Waals surface area contributed by atoms with Crippen LogP contribution in [-0.4, -0.2) is 48.7 Å². The molecule has 0 bridgehead atoms. The summed E-state index contributed by atoms with van der Waals surface area (Å²) < 4.78 is 6.16. The minimum atomic E-state index is -0.365. The third-order valence-corrected chi connectivity index (χ3v) is 5.58. The summed E-state index contributed by atoms with van der Waals surface area (Å²) in [6.45, 7) is 4.40. The molecule has 6 atom stereocenters. The summed E-state index contributed by atoms with van der Waals surface area (Å²) >= 11 is 0. The Morgan fingerprint density at radius 1 is 1.08 bits per heavy atom. The van der Waals surface area contributed by atoms with Gasteiger partial charge in [-0.15, -0.1) is 0 Å².